The molecule has 0 radical (unpaired) electrons. The van der Waals surface area contributed by atoms with Gasteiger partial charge in [0, 0.05) is 5.69 Å². The highest BCUT2D eigenvalue weighted by molar-refractivity contribution is 7.91. The van der Waals surface area contributed by atoms with Gasteiger partial charge in [0.15, 0.2) is 6.61 Å². The summed E-state index contributed by atoms with van der Waals surface area (Å²) in [6, 6.07) is 10.0. The Balaban J connectivity index is 1.56. The van der Waals surface area contributed by atoms with Crippen molar-refractivity contribution in [3.63, 3.8) is 0 Å². The molecule has 34 heavy (non-hydrogen) atoms. The Morgan fingerprint density at radius 1 is 1.00 bits per heavy atom. The molecule has 3 rings (SSSR count). The smallest absolute Gasteiger partial charge is 0.341 e. The number of alkyl halides is 2. The number of sulfone groups is 1. The maximum atomic E-state index is 12.6. The molecule has 3 aromatic rings. The quantitative estimate of drug-likeness (QED) is 0.415. The fraction of sp³-hybridized carbons (Fsp3) is 0.158. The molecule has 0 aliphatic carbocycles. The van der Waals surface area contributed by atoms with Crippen molar-refractivity contribution in [2.45, 2.75) is 17.2 Å². The van der Waals surface area contributed by atoms with Gasteiger partial charge < -0.3 is 15.4 Å². The summed E-state index contributed by atoms with van der Waals surface area (Å²) in [7, 11) is -4.76. The first kappa shape index (κ1) is 24.4. The lowest BCUT2D eigenvalue weighted by Crippen LogP contribution is -2.23. The van der Waals surface area contributed by atoms with Crippen molar-refractivity contribution in [1.29, 1.82) is 0 Å². The zero-order chi connectivity index (χ0) is 24.7. The normalized spacial score (nSPS) is 11.1. The van der Waals surface area contributed by atoms with Gasteiger partial charge in [-0.2, -0.15) is 8.78 Å². The average Bonchev–Trinajstić information content (AvgIpc) is 3.31. The fourth-order valence-corrected chi connectivity index (χ4v) is 3.32. The first-order chi connectivity index (χ1) is 16.2. The molecular formula is C19H16F2N6O6S. The molecule has 0 bridgehead atoms. The highest BCUT2D eigenvalue weighted by Crippen LogP contribution is 2.20. The average molecular weight is 494 g/mol. The van der Waals surface area contributed by atoms with Crippen LogP contribution in [0, 0.1) is 0 Å². The summed E-state index contributed by atoms with van der Waals surface area (Å²) in [4.78, 5) is 36.0. The number of anilines is 2. The Bertz CT molecular complexity index is 1280. The van der Waals surface area contributed by atoms with Crippen molar-refractivity contribution in [2.24, 2.45) is 0 Å². The number of para-hydroxylation sites is 1. The van der Waals surface area contributed by atoms with Crippen LogP contribution in [0.25, 0.3) is 0 Å². The van der Waals surface area contributed by atoms with Crippen molar-refractivity contribution in [1.82, 2.24) is 20.2 Å². The molecule has 1 aromatic heterocycles. The minimum atomic E-state index is -4.76. The molecule has 15 heteroatoms. The minimum absolute atomic E-state index is 0.0121. The molecular weight excluding hydrogens is 478 g/mol. The van der Waals surface area contributed by atoms with E-state index in [-0.39, 0.29) is 23.5 Å². The first-order valence-corrected chi connectivity index (χ1v) is 10.9. The standard InChI is InChI=1S/C19H16F2N6O6S/c20-19(21)34(31,32)13-7-5-12(6-8-13)23-17(29)10-33-18(30)14-3-1-2-4-15(14)24-16(28)9-27-11-22-25-26-27/h1-8,11,19H,9-10H2,(H,23,29)(H,24,28). The number of ether oxygens (including phenoxy) is 1. The van der Waals surface area contributed by atoms with E-state index < -0.39 is 44.9 Å². The number of nitrogens with zero attached hydrogens (tertiary/aromatic N) is 4. The lowest BCUT2D eigenvalue weighted by atomic mass is 10.2. The molecule has 0 aliphatic heterocycles. The second kappa shape index (κ2) is 10.6. The van der Waals surface area contributed by atoms with Crippen molar-refractivity contribution >= 4 is 39.0 Å². The van der Waals surface area contributed by atoms with Gasteiger partial charge in [-0.1, -0.05) is 12.1 Å². The molecule has 178 valence electrons. The highest BCUT2D eigenvalue weighted by atomic mass is 32.2. The number of halogens is 2. The fourth-order valence-electron chi connectivity index (χ4n) is 2.60. The molecule has 1 heterocycles. The van der Waals surface area contributed by atoms with Crippen LogP contribution in [0.5, 0.6) is 0 Å². The third-order valence-electron chi connectivity index (χ3n) is 4.15. The number of carbonyl (C=O) groups is 3. The van der Waals surface area contributed by atoms with E-state index in [9.17, 15) is 31.6 Å². The minimum Gasteiger partial charge on any atom is -0.452 e. The molecule has 2 amide bonds. The summed E-state index contributed by atoms with van der Waals surface area (Å²) in [5.74, 6) is -5.74. The Hall–Kier alpha value is -4.27. The van der Waals surface area contributed by atoms with Crippen LogP contribution < -0.4 is 10.6 Å². The molecule has 0 spiro atoms. The molecule has 0 unspecified atom stereocenters. The monoisotopic (exact) mass is 494 g/mol. The van der Waals surface area contributed by atoms with Crippen molar-refractivity contribution < 1.29 is 36.3 Å². The van der Waals surface area contributed by atoms with E-state index in [1.807, 2.05) is 0 Å². The lowest BCUT2D eigenvalue weighted by molar-refractivity contribution is -0.119. The van der Waals surface area contributed by atoms with Gasteiger partial charge in [0.25, 0.3) is 5.91 Å². The maximum Gasteiger partial charge on any atom is 0.341 e. The van der Waals surface area contributed by atoms with E-state index in [1.54, 1.807) is 6.07 Å². The summed E-state index contributed by atoms with van der Waals surface area (Å²) in [6.07, 6.45) is 1.24. The Labute approximate surface area is 190 Å². The Morgan fingerprint density at radius 3 is 2.35 bits per heavy atom. The number of aromatic nitrogens is 4. The second-order valence-corrected chi connectivity index (χ2v) is 8.47. The van der Waals surface area contributed by atoms with Gasteiger partial charge in [-0.3, -0.25) is 9.59 Å². The molecule has 2 N–H and O–H groups in total. The molecule has 0 atom stereocenters. The van der Waals surface area contributed by atoms with Crippen LogP contribution >= 0.6 is 0 Å². The first-order valence-electron chi connectivity index (χ1n) is 9.35. The maximum absolute atomic E-state index is 12.6. The van der Waals surface area contributed by atoms with Gasteiger partial charge in [-0.25, -0.2) is 17.9 Å². The number of amides is 2. The van der Waals surface area contributed by atoms with Crippen LogP contribution in [0.15, 0.2) is 59.8 Å². The van der Waals surface area contributed by atoms with Crippen molar-refractivity contribution in [3.8, 4) is 0 Å². The van der Waals surface area contributed by atoms with Gasteiger partial charge in [0.1, 0.15) is 12.9 Å². The number of hydrogen-bond acceptors (Lipinski definition) is 9. The lowest BCUT2D eigenvalue weighted by Gasteiger charge is -2.11. The molecule has 0 saturated carbocycles. The topological polar surface area (TPSA) is 162 Å². The number of nitrogens with one attached hydrogen (secondary N) is 2. The summed E-state index contributed by atoms with van der Waals surface area (Å²) in [6.45, 7) is -0.904. The highest BCUT2D eigenvalue weighted by Gasteiger charge is 2.26. The summed E-state index contributed by atoms with van der Waals surface area (Å²) in [5.41, 5.74) is 0.230. The van der Waals surface area contributed by atoms with E-state index in [0.717, 1.165) is 24.3 Å². The summed E-state index contributed by atoms with van der Waals surface area (Å²) >= 11 is 0. The van der Waals surface area contributed by atoms with Gasteiger partial charge in [0.2, 0.25) is 15.7 Å². The third kappa shape index (κ3) is 6.16. The number of tetrazole rings is 1. The number of hydrogen-bond donors (Lipinski definition) is 2. The van der Waals surface area contributed by atoms with E-state index in [0.29, 0.717) is 0 Å². The molecule has 2 aromatic carbocycles. The van der Waals surface area contributed by atoms with Crippen LogP contribution in [-0.4, -0.2) is 58.8 Å². The van der Waals surface area contributed by atoms with Crippen LogP contribution in [0.4, 0.5) is 20.2 Å². The van der Waals surface area contributed by atoms with Crippen molar-refractivity contribution in [2.75, 3.05) is 17.2 Å². The number of rotatable bonds is 9. The van der Waals surface area contributed by atoms with Gasteiger partial charge in [0.05, 0.1) is 16.1 Å². The van der Waals surface area contributed by atoms with E-state index in [4.69, 9.17) is 4.74 Å². The number of esters is 1. The summed E-state index contributed by atoms with van der Waals surface area (Å²) in [5, 5.41) is 15.2. The van der Waals surface area contributed by atoms with Crippen LogP contribution in [-0.2, 0) is 30.7 Å². The molecule has 0 aliphatic rings. The zero-order valence-corrected chi connectivity index (χ0v) is 17.9. The SMILES string of the molecule is O=C(COC(=O)c1ccccc1NC(=O)Cn1cnnn1)Nc1ccc(S(=O)(=O)C(F)F)cc1. The molecule has 0 fully saturated rings. The van der Waals surface area contributed by atoms with Crippen molar-refractivity contribution in [3.05, 3.63) is 60.4 Å². The number of benzene rings is 2. The van der Waals surface area contributed by atoms with E-state index in [2.05, 4.69) is 26.2 Å². The Kier molecular flexibility index (Phi) is 7.57. The van der Waals surface area contributed by atoms with Crippen LogP contribution in [0.2, 0.25) is 0 Å². The van der Waals surface area contributed by atoms with E-state index >= 15 is 0 Å². The predicted molar refractivity (Wildman–Crippen MR) is 111 cm³/mol. The number of carbonyl (C=O) groups excluding carboxylic acids is 3. The zero-order valence-electron chi connectivity index (χ0n) is 17.1. The van der Waals surface area contributed by atoms with E-state index in [1.165, 1.54) is 29.2 Å². The van der Waals surface area contributed by atoms with Gasteiger partial charge >= 0.3 is 11.7 Å². The predicted octanol–water partition coefficient (Wildman–Crippen LogP) is 1.10. The molecule has 12 nitrogen and oxygen atoms in total. The second-order valence-electron chi connectivity index (χ2n) is 6.56. The summed E-state index contributed by atoms with van der Waals surface area (Å²) < 4.78 is 54.1. The Morgan fingerprint density at radius 2 is 1.71 bits per heavy atom. The van der Waals surface area contributed by atoms with Gasteiger partial charge in [-0.05, 0) is 46.8 Å². The largest absolute Gasteiger partial charge is 0.452 e. The molecule has 0 saturated heterocycles. The van der Waals surface area contributed by atoms with Crippen LogP contribution in [0.1, 0.15) is 10.4 Å². The third-order valence-corrected chi connectivity index (χ3v) is 5.55. The van der Waals surface area contributed by atoms with Crippen LogP contribution in [0.3, 0.4) is 0 Å². The van der Waals surface area contributed by atoms with Gasteiger partial charge in [-0.15, -0.1) is 5.10 Å².